The molecule has 2 nitrogen and oxygen atoms in total. The van der Waals surface area contributed by atoms with Gasteiger partial charge < -0.3 is 0 Å². The molecular formula is C17H11FN2S2. The molecule has 0 saturated carbocycles. The van der Waals surface area contributed by atoms with Gasteiger partial charge in [-0.25, -0.2) is 14.4 Å². The van der Waals surface area contributed by atoms with Crippen molar-refractivity contribution < 1.29 is 4.39 Å². The van der Waals surface area contributed by atoms with E-state index in [-0.39, 0.29) is 5.82 Å². The first-order valence-electron chi connectivity index (χ1n) is 6.83. The Hall–Kier alpha value is -2.11. The molecule has 4 rings (SSSR count). The maximum atomic E-state index is 13.8. The van der Waals surface area contributed by atoms with Crippen molar-refractivity contribution in [2.75, 3.05) is 0 Å². The summed E-state index contributed by atoms with van der Waals surface area (Å²) in [6.45, 7) is 0. The topological polar surface area (TPSA) is 25.8 Å². The maximum absolute atomic E-state index is 13.8. The lowest BCUT2D eigenvalue weighted by atomic mass is 10.1. The lowest BCUT2D eigenvalue weighted by molar-refractivity contribution is 0.631. The molecule has 4 aromatic rings. The molecular weight excluding hydrogens is 315 g/mol. The molecule has 0 spiro atoms. The highest BCUT2D eigenvalue weighted by Crippen LogP contribution is 2.28. The standard InChI is InChI=1S/C17H11FN2S2/c18-12-6-2-1-5-11(12)14-10-21-16(20-14)9-17-19-13-7-3-4-8-15(13)22-17/h1-8,10H,9H2. The van der Waals surface area contributed by atoms with Crippen molar-refractivity contribution >= 4 is 32.9 Å². The van der Waals surface area contributed by atoms with Gasteiger partial charge in [-0.2, -0.15) is 0 Å². The van der Waals surface area contributed by atoms with Crippen LogP contribution in [0.15, 0.2) is 53.9 Å². The Labute approximate surface area is 134 Å². The van der Waals surface area contributed by atoms with Gasteiger partial charge in [0.1, 0.15) is 15.8 Å². The van der Waals surface area contributed by atoms with Crippen molar-refractivity contribution in [2.24, 2.45) is 0 Å². The van der Waals surface area contributed by atoms with Crippen molar-refractivity contribution in [3.8, 4) is 11.3 Å². The van der Waals surface area contributed by atoms with Crippen LogP contribution in [0, 0.1) is 5.82 Å². The van der Waals surface area contributed by atoms with E-state index in [0.717, 1.165) is 15.5 Å². The Morgan fingerprint density at radius 1 is 0.909 bits per heavy atom. The molecule has 0 aliphatic rings. The molecule has 0 bridgehead atoms. The molecule has 2 aromatic heterocycles. The Kier molecular flexibility index (Phi) is 3.44. The number of para-hydroxylation sites is 1. The van der Waals surface area contributed by atoms with E-state index in [1.165, 1.54) is 10.8 Å². The molecule has 5 heteroatoms. The molecule has 0 radical (unpaired) electrons. The molecule has 0 atom stereocenters. The van der Waals surface area contributed by atoms with Gasteiger partial charge in [0.25, 0.3) is 0 Å². The average Bonchev–Trinajstić information content (AvgIpc) is 3.14. The average molecular weight is 326 g/mol. The van der Waals surface area contributed by atoms with E-state index in [1.54, 1.807) is 34.8 Å². The highest BCUT2D eigenvalue weighted by molar-refractivity contribution is 7.18. The third-order valence-electron chi connectivity index (χ3n) is 3.34. The van der Waals surface area contributed by atoms with Crippen LogP contribution in [0.5, 0.6) is 0 Å². The molecule has 0 aliphatic heterocycles. The minimum absolute atomic E-state index is 0.237. The molecule has 0 amide bonds. The zero-order valence-corrected chi connectivity index (χ0v) is 13.1. The first kappa shape index (κ1) is 13.5. The van der Waals surface area contributed by atoms with E-state index in [9.17, 15) is 4.39 Å². The number of hydrogen-bond acceptors (Lipinski definition) is 4. The molecule has 0 N–H and O–H groups in total. The van der Waals surface area contributed by atoms with Crippen molar-refractivity contribution in [1.82, 2.24) is 9.97 Å². The summed E-state index contributed by atoms with van der Waals surface area (Å²) >= 11 is 3.23. The summed E-state index contributed by atoms with van der Waals surface area (Å²) in [5, 5.41) is 3.90. The van der Waals surface area contributed by atoms with Crippen LogP contribution in [0.25, 0.3) is 21.5 Å². The number of rotatable bonds is 3. The number of aromatic nitrogens is 2. The highest BCUT2D eigenvalue weighted by atomic mass is 32.1. The maximum Gasteiger partial charge on any atom is 0.132 e. The largest absolute Gasteiger partial charge is 0.241 e. The highest BCUT2D eigenvalue weighted by Gasteiger charge is 2.11. The summed E-state index contributed by atoms with van der Waals surface area (Å²) < 4.78 is 15.0. The van der Waals surface area contributed by atoms with E-state index < -0.39 is 0 Å². The van der Waals surface area contributed by atoms with Gasteiger partial charge in [-0.1, -0.05) is 24.3 Å². The molecule has 0 fully saturated rings. The summed E-state index contributed by atoms with van der Waals surface area (Å²) in [7, 11) is 0. The molecule has 22 heavy (non-hydrogen) atoms. The van der Waals surface area contributed by atoms with E-state index in [1.807, 2.05) is 29.6 Å². The van der Waals surface area contributed by atoms with Crippen LogP contribution >= 0.6 is 22.7 Å². The zero-order chi connectivity index (χ0) is 14.9. The van der Waals surface area contributed by atoms with Crippen LogP contribution in [-0.2, 0) is 6.42 Å². The van der Waals surface area contributed by atoms with Crippen molar-refractivity contribution in [3.05, 3.63) is 69.7 Å². The van der Waals surface area contributed by atoms with Gasteiger partial charge in [0.05, 0.1) is 22.3 Å². The van der Waals surface area contributed by atoms with Crippen LogP contribution in [0.3, 0.4) is 0 Å². The molecule has 0 aliphatic carbocycles. The number of fused-ring (bicyclic) bond motifs is 1. The normalized spacial score (nSPS) is 11.1. The zero-order valence-electron chi connectivity index (χ0n) is 11.5. The molecule has 0 saturated heterocycles. The predicted octanol–water partition coefficient (Wildman–Crippen LogP) is 5.15. The number of thiazole rings is 2. The van der Waals surface area contributed by atoms with Gasteiger partial charge in [-0.3, -0.25) is 0 Å². The van der Waals surface area contributed by atoms with E-state index >= 15 is 0 Å². The fourth-order valence-electron chi connectivity index (χ4n) is 2.31. The fraction of sp³-hybridized carbons (Fsp3) is 0.0588. The first-order chi connectivity index (χ1) is 10.8. The molecule has 2 aromatic carbocycles. The smallest absolute Gasteiger partial charge is 0.132 e. The second-order valence-electron chi connectivity index (χ2n) is 4.86. The summed E-state index contributed by atoms with van der Waals surface area (Å²) in [4.78, 5) is 9.17. The minimum Gasteiger partial charge on any atom is -0.241 e. The SMILES string of the molecule is Fc1ccccc1-c1csc(Cc2nc3ccccc3s2)n1. The predicted molar refractivity (Wildman–Crippen MR) is 89.9 cm³/mol. The van der Waals surface area contributed by atoms with E-state index in [2.05, 4.69) is 16.0 Å². The van der Waals surface area contributed by atoms with Crippen LogP contribution < -0.4 is 0 Å². The van der Waals surface area contributed by atoms with E-state index in [4.69, 9.17) is 0 Å². The van der Waals surface area contributed by atoms with Gasteiger partial charge in [0.15, 0.2) is 0 Å². The monoisotopic (exact) mass is 326 g/mol. The number of halogens is 1. The van der Waals surface area contributed by atoms with Crippen molar-refractivity contribution in [2.45, 2.75) is 6.42 Å². The summed E-state index contributed by atoms with van der Waals surface area (Å²) in [5.74, 6) is -0.237. The Morgan fingerprint density at radius 2 is 1.73 bits per heavy atom. The van der Waals surface area contributed by atoms with Gasteiger partial charge in [-0.15, -0.1) is 22.7 Å². The lowest BCUT2D eigenvalue weighted by Crippen LogP contribution is -1.88. The van der Waals surface area contributed by atoms with Crippen molar-refractivity contribution in [1.29, 1.82) is 0 Å². The summed E-state index contributed by atoms with van der Waals surface area (Å²) in [6, 6.07) is 14.8. The van der Waals surface area contributed by atoms with Crippen LogP contribution in [0.4, 0.5) is 4.39 Å². The van der Waals surface area contributed by atoms with Gasteiger partial charge in [0, 0.05) is 10.9 Å². The third kappa shape index (κ3) is 2.53. The van der Waals surface area contributed by atoms with Crippen molar-refractivity contribution in [3.63, 3.8) is 0 Å². The Morgan fingerprint density at radius 3 is 2.59 bits per heavy atom. The van der Waals surface area contributed by atoms with Crippen LogP contribution in [-0.4, -0.2) is 9.97 Å². The van der Waals surface area contributed by atoms with E-state index in [0.29, 0.717) is 17.7 Å². The minimum atomic E-state index is -0.237. The third-order valence-corrected chi connectivity index (χ3v) is 5.23. The molecule has 0 unspecified atom stereocenters. The number of hydrogen-bond donors (Lipinski definition) is 0. The summed E-state index contributed by atoms with van der Waals surface area (Å²) in [5.41, 5.74) is 2.27. The second kappa shape index (κ2) is 5.59. The molecule has 2 heterocycles. The van der Waals surface area contributed by atoms with Crippen LogP contribution in [0.2, 0.25) is 0 Å². The van der Waals surface area contributed by atoms with Gasteiger partial charge >= 0.3 is 0 Å². The lowest BCUT2D eigenvalue weighted by Gasteiger charge is -1.97. The molecule has 108 valence electrons. The second-order valence-corrected chi connectivity index (χ2v) is 6.92. The number of nitrogens with zero attached hydrogens (tertiary/aromatic N) is 2. The van der Waals surface area contributed by atoms with Gasteiger partial charge in [0.2, 0.25) is 0 Å². The Balaban J connectivity index is 1.63. The summed E-state index contributed by atoms with van der Waals surface area (Å²) in [6.07, 6.45) is 0.693. The van der Waals surface area contributed by atoms with Gasteiger partial charge in [-0.05, 0) is 24.3 Å². The first-order valence-corrected chi connectivity index (χ1v) is 8.53. The van der Waals surface area contributed by atoms with Crippen LogP contribution in [0.1, 0.15) is 10.0 Å². The number of benzene rings is 2. The fourth-order valence-corrected chi connectivity index (χ4v) is 4.17. The quantitative estimate of drug-likeness (QED) is 0.520. The Bertz CT molecular complexity index is 909.